The van der Waals surface area contributed by atoms with Gasteiger partial charge in [-0.2, -0.15) is 5.26 Å². The Morgan fingerprint density at radius 2 is 2.44 bits per heavy atom. The lowest BCUT2D eigenvalue weighted by molar-refractivity contribution is -0.112. The highest BCUT2D eigenvalue weighted by atomic mass is 32.2. The first-order valence-electron chi connectivity index (χ1n) is 4.42. The molecule has 0 aliphatic carbocycles. The van der Waals surface area contributed by atoms with E-state index in [1.807, 2.05) is 0 Å². The largest absolute Gasteiger partial charge is 0.401 e. The van der Waals surface area contributed by atoms with Gasteiger partial charge in [0, 0.05) is 12.7 Å². The van der Waals surface area contributed by atoms with Crippen molar-refractivity contribution in [3.8, 4) is 6.07 Å². The number of hydrogen-bond acceptors (Lipinski definition) is 6. The molecule has 7 heteroatoms. The van der Waals surface area contributed by atoms with Gasteiger partial charge in [-0.3, -0.25) is 4.79 Å². The molecule has 0 fully saturated rings. The average Bonchev–Trinajstić information content (AvgIpc) is 2.61. The Bertz CT molecular complexity index is 466. The first-order chi connectivity index (χ1) is 7.56. The Kier molecular flexibility index (Phi) is 4.08. The van der Waals surface area contributed by atoms with Gasteiger partial charge in [0.05, 0.1) is 5.75 Å². The summed E-state index contributed by atoms with van der Waals surface area (Å²) in [5, 5.41) is 16.8. The van der Waals surface area contributed by atoms with Crippen molar-refractivity contribution in [3.63, 3.8) is 0 Å². The van der Waals surface area contributed by atoms with Gasteiger partial charge in [0.15, 0.2) is 10.9 Å². The maximum Gasteiger partial charge on any atom is 0.191 e. The molecule has 1 heterocycles. The molecule has 0 amide bonds. The molecule has 6 nitrogen and oxygen atoms in total. The fourth-order valence-corrected chi connectivity index (χ4v) is 1.74. The van der Waals surface area contributed by atoms with E-state index in [-0.39, 0.29) is 22.8 Å². The molecule has 0 bridgehead atoms. The highest BCUT2D eigenvalue weighted by Gasteiger charge is 2.13. The number of aromatic nitrogens is 3. The fourth-order valence-electron chi connectivity index (χ4n) is 0.976. The van der Waals surface area contributed by atoms with E-state index in [0.717, 1.165) is 0 Å². The number of ketones is 1. The van der Waals surface area contributed by atoms with E-state index in [0.29, 0.717) is 5.16 Å². The summed E-state index contributed by atoms with van der Waals surface area (Å²) >= 11 is 1.22. The van der Waals surface area contributed by atoms with Gasteiger partial charge in [-0.05, 0) is 6.92 Å². The summed E-state index contributed by atoms with van der Waals surface area (Å²) in [7, 11) is 1.78. The van der Waals surface area contributed by atoms with Crippen LogP contribution in [0.3, 0.4) is 0 Å². The highest BCUT2D eigenvalue weighted by molar-refractivity contribution is 7.99. The van der Waals surface area contributed by atoms with Gasteiger partial charge in [0.25, 0.3) is 0 Å². The monoisotopic (exact) mass is 237 g/mol. The molecule has 0 radical (unpaired) electrons. The molecule has 0 saturated carbocycles. The molecule has 0 spiro atoms. The minimum Gasteiger partial charge on any atom is -0.401 e. The summed E-state index contributed by atoms with van der Waals surface area (Å²) in [5.74, 6) is -0.167. The maximum absolute atomic E-state index is 11.6. The molecule has 84 valence electrons. The van der Waals surface area contributed by atoms with Crippen LogP contribution in [0.25, 0.3) is 0 Å². The zero-order chi connectivity index (χ0) is 12.1. The van der Waals surface area contributed by atoms with Gasteiger partial charge in [-0.15, -0.1) is 10.2 Å². The van der Waals surface area contributed by atoms with Crippen molar-refractivity contribution in [2.24, 2.45) is 12.8 Å². The first kappa shape index (κ1) is 12.3. The van der Waals surface area contributed by atoms with Crippen LogP contribution in [0.15, 0.2) is 22.8 Å². The summed E-state index contributed by atoms with van der Waals surface area (Å²) in [6.45, 7) is 1.53. The maximum atomic E-state index is 11.6. The number of Topliss-reactive ketones (excluding diaryl/α,β-unsaturated/α-hetero) is 1. The third-order valence-electron chi connectivity index (χ3n) is 1.79. The van der Waals surface area contributed by atoms with E-state index < -0.39 is 0 Å². The molecule has 0 atom stereocenters. The van der Waals surface area contributed by atoms with E-state index >= 15 is 0 Å². The van der Waals surface area contributed by atoms with Crippen molar-refractivity contribution in [1.82, 2.24) is 14.8 Å². The topological polar surface area (TPSA) is 97.6 Å². The van der Waals surface area contributed by atoms with Gasteiger partial charge in [0.1, 0.15) is 18.0 Å². The van der Waals surface area contributed by atoms with Crippen LogP contribution in [0.1, 0.15) is 6.92 Å². The Hall–Kier alpha value is -1.81. The van der Waals surface area contributed by atoms with Gasteiger partial charge >= 0.3 is 0 Å². The fraction of sp³-hybridized carbons (Fsp3) is 0.333. The Morgan fingerprint density at radius 1 is 1.75 bits per heavy atom. The van der Waals surface area contributed by atoms with Crippen LogP contribution in [-0.4, -0.2) is 26.3 Å². The second-order valence-corrected chi connectivity index (χ2v) is 4.05. The predicted octanol–water partition coefficient (Wildman–Crippen LogP) is 0.233. The molecular formula is C9H11N5OS. The molecule has 1 aromatic heterocycles. The van der Waals surface area contributed by atoms with Crippen molar-refractivity contribution in [2.75, 3.05) is 5.75 Å². The normalized spacial score (nSPS) is 11.8. The summed E-state index contributed by atoms with van der Waals surface area (Å²) in [5.41, 5.74) is 5.67. The molecule has 0 unspecified atom stereocenters. The lowest BCUT2D eigenvalue weighted by atomic mass is 10.2. The summed E-state index contributed by atoms with van der Waals surface area (Å²) in [4.78, 5) is 11.6. The van der Waals surface area contributed by atoms with Crippen LogP contribution >= 0.6 is 11.8 Å². The molecule has 1 rings (SSSR count). The van der Waals surface area contributed by atoms with Crippen LogP contribution in [-0.2, 0) is 11.8 Å². The third kappa shape index (κ3) is 2.84. The van der Waals surface area contributed by atoms with Crippen molar-refractivity contribution >= 4 is 17.5 Å². The number of carbonyl (C=O) groups is 1. The van der Waals surface area contributed by atoms with Gasteiger partial charge in [-0.25, -0.2) is 0 Å². The SMILES string of the molecule is C/C(N)=C(/C#N)C(=O)CSc1nncn1C. The second kappa shape index (κ2) is 5.32. The molecule has 1 aromatic rings. The highest BCUT2D eigenvalue weighted by Crippen LogP contribution is 2.15. The number of nitriles is 1. The van der Waals surface area contributed by atoms with Crippen molar-refractivity contribution in [1.29, 1.82) is 5.26 Å². The number of nitrogens with two attached hydrogens (primary N) is 1. The number of carbonyl (C=O) groups excluding carboxylic acids is 1. The van der Waals surface area contributed by atoms with Gasteiger partial charge in [-0.1, -0.05) is 11.8 Å². The first-order valence-corrected chi connectivity index (χ1v) is 5.41. The van der Waals surface area contributed by atoms with Crippen molar-refractivity contribution in [2.45, 2.75) is 12.1 Å². The molecule has 0 aliphatic heterocycles. The Labute approximate surface area is 97.1 Å². The lowest BCUT2D eigenvalue weighted by Crippen LogP contribution is -2.10. The average molecular weight is 237 g/mol. The number of hydrogen-bond donors (Lipinski definition) is 1. The number of nitrogens with zero attached hydrogens (tertiary/aromatic N) is 4. The van der Waals surface area contributed by atoms with Crippen LogP contribution in [0.2, 0.25) is 0 Å². The molecule has 0 aromatic carbocycles. The third-order valence-corrected chi connectivity index (χ3v) is 2.82. The summed E-state index contributed by atoms with van der Waals surface area (Å²) < 4.78 is 1.70. The molecule has 0 saturated heterocycles. The lowest BCUT2D eigenvalue weighted by Gasteiger charge is -2.00. The molecule has 0 aliphatic rings. The van der Waals surface area contributed by atoms with E-state index in [2.05, 4.69) is 10.2 Å². The second-order valence-electron chi connectivity index (χ2n) is 3.11. The Morgan fingerprint density at radius 3 is 2.88 bits per heavy atom. The molecule has 2 N–H and O–H groups in total. The zero-order valence-electron chi connectivity index (χ0n) is 8.97. The summed E-state index contributed by atoms with van der Waals surface area (Å²) in [6, 6.07) is 1.79. The van der Waals surface area contributed by atoms with Crippen molar-refractivity contribution in [3.05, 3.63) is 17.6 Å². The predicted molar refractivity (Wildman–Crippen MR) is 59.2 cm³/mol. The Balaban J connectivity index is 2.65. The van der Waals surface area contributed by atoms with Gasteiger partial charge in [0.2, 0.25) is 0 Å². The minimum atomic E-state index is -0.296. The molecule has 16 heavy (non-hydrogen) atoms. The standard InChI is InChI=1S/C9H11N5OS/c1-6(11)7(3-10)8(15)4-16-9-13-12-5-14(9)2/h5H,4,11H2,1-2H3/b7-6+. The number of aryl methyl sites for hydroxylation is 1. The van der Waals surface area contributed by atoms with E-state index in [9.17, 15) is 4.79 Å². The van der Waals surface area contributed by atoms with E-state index in [4.69, 9.17) is 11.0 Å². The van der Waals surface area contributed by atoms with Crippen LogP contribution in [0.5, 0.6) is 0 Å². The van der Waals surface area contributed by atoms with Crippen LogP contribution in [0, 0.1) is 11.3 Å². The molecular weight excluding hydrogens is 226 g/mol. The van der Waals surface area contributed by atoms with E-state index in [1.165, 1.54) is 18.7 Å². The quantitative estimate of drug-likeness (QED) is 0.457. The van der Waals surface area contributed by atoms with Gasteiger partial charge < -0.3 is 10.3 Å². The van der Waals surface area contributed by atoms with E-state index in [1.54, 1.807) is 24.0 Å². The summed E-state index contributed by atoms with van der Waals surface area (Å²) in [6.07, 6.45) is 1.54. The minimum absolute atomic E-state index is 0.00895. The van der Waals surface area contributed by atoms with Crippen molar-refractivity contribution < 1.29 is 4.79 Å². The smallest absolute Gasteiger partial charge is 0.191 e. The van der Waals surface area contributed by atoms with Crippen LogP contribution < -0.4 is 5.73 Å². The number of thioether (sulfide) groups is 1. The number of rotatable bonds is 4. The number of allylic oxidation sites excluding steroid dienone is 2. The zero-order valence-corrected chi connectivity index (χ0v) is 9.78. The van der Waals surface area contributed by atoms with Crippen LogP contribution in [0.4, 0.5) is 0 Å².